The Kier molecular flexibility index (Phi) is 2.53. The van der Waals surface area contributed by atoms with E-state index < -0.39 is 0 Å². The Bertz CT molecular complexity index is 186. The molecular formula is C11H18. The lowest BCUT2D eigenvalue weighted by molar-refractivity contribution is 0.428. The maximum absolute atomic E-state index is 4.02. The van der Waals surface area contributed by atoms with Gasteiger partial charge in [0.1, 0.15) is 0 Å². The minimum absolute atomic E-state index is 0.709. The summed E-state index contributed by atoms with van der Waals surface area (Å²) < 4.78 is 0. The zero-order chi connectivity index (χ0) is 8.43. The summed E-state index contributed by atoms with van der Waals surface area (Å²) in [6, 6.07) is 0. The fourth-order valence-electron chi connectivity index (χ4n) is 1.99. The molecule has 0 unspecified atom stereocenters. The van der Waals surface area contributed by atoms with Gasteiger partial charge in [-0.1, -0.05) is 30.7 Å². The van der Waals surface area contributed by atoms with Crippen LogP contribution in [-0.4, -0.2) is 0 Å². The van der Waals surface area contributed by atoms with E-state index in [1.807, 2.05) is 0 Å². The molecule has 0 saturated heterocycles. The van der Waals surface area contributed by atoms with E-state index in [0.717, 1.165) is 5.92 Å². The van der Waals surface area contributed by atoms with Crippen molar-refractivity contribution in [1.29, 1.82) is 0 Å². The molecule has 11 heavy (non-hydrogen) atoms. The smallest absolute Gasteiger partial charge is 0.0145 e. The van der Waals surface area contributed by atoms with E-state index in [0.29, 0.717) is 5.92 Å². The van der Waals surface area contributed by atoms with Gasteiger partial charge in [0.15, 0.2) is 0 Å². The van der Waals surface area contributed by atoms with Gasteiger partial charge in [-0.3, -0.25) is 0 Å². The molecule has 1 rings (SSSR count). The molecule has 0 spiro atoms. The molecule has 62 valence electrons. The van der Waals surface area contributed by atoms with Gasteiger partial charge >= 0.3 is 0 Å². The standard InChI is InChI=1S/C11H18/c1-8(2)11-6-5-9(3)7-10(11)4/h7,10-11H,1,5-6H2,2-4H3/t10-,11-/m0/s1. The summed E-state index contributed by atoms with van der Waals surface area (Å²) in [5.41, 5.74) is 2.90. The maximum atomic E-state index is 4.02. The normalized spacial score (nSPS) is 31.4. The van der Waals surface area contributed by atoms with Crippen LogP contribution in [0.4, 0.5) is 0 Å². The van der Waals surface area contributed by atoms with Crippen LogP contribution in [0.2, 0.25) is 0 Å². The fraction of sp³-hybridized carbons (Fsp3) is 0.636. The lowest BCUT2D eigenvalue weighted by Gasteiger charge is -2.27. The molecule has 2 atom stereocenters. The molecule has 0 amide bonds. The summed E-state index contributed by atoms with van der Waals surface area (Å²) in [5.74, 6) is 1.44. The molecule has 0 radical (unpaired) electrons. The number of hydrogen-bond acceptors (Lipinski definition) is 0. The monoisotopic (exact) mass is 150 g/mol. The summed E-state index contributed by atoms with van der Waals surface area (Å²) in [5, 5.41) is 0. The van der Waals surface area contributed by atoms with Crippen LogP contribution >= 0.6 is 0 Å². The Hall–Kier alpha value is -0.520. The fourth-order valence-corrected chi connectivity index (χ4v) is 1.99. The van der Waals surface area contributed by atoms with Crippen LogP contribution in [0, 0.1) is 11.8 Å². The molecule has 0 aromatic carbocycles. The molecule has 0 aromatic heterocycles. The first-order valence-electron chi connectivity index (χ1n) is 4.44. The van der Waals surface area contributed by atoms with Crippen LogP contribution in [0.5, 0.6) is 0 Å². The van der Waals surface area contributed by atoms with Crippen molar-refractivity contribution < 1.29 is 0 Å². The zero-order valence-electron chi connectivity index (χ0n) is 7.85. The van der Waals surface area contributed by atoms with Gasteiger partial charge in [0.25, 0.3) is 0 Å². The number of rotatable bonds is 1. The summed E-state index contributed by atoms with van der Waals surface area (Å²) in [7, 11) is 0. The minimum atomic E-state index is 0.709. The number of hydrogen-bond donors (Lipinski definition) is 0. The molecule has 0 heterocycles. The van der Waals surface area contributed by atoms with Gasteiger partial charge in [0, 0.05) is 0 Å². The highest BCUT2D eigenvalue weighted by Crippen LogP contribution is 2.32. The van der Waals surface area contributed by atoms with Crippen molar-refractivity contribution >= 4 is 0 Å². The van der Waals surface area contributed by atoms with Crippen molar-refractivity contribution in [2.45, 2.75) is 33.6 Å². The molecule has 1 aliphatic rings. The van der Waals surface area contributed by atoms with Crippen molar-refractivity contribution in [2.24, 2.45) is 11.8 Å². The Balaban J connectivity index is 2.68. The molecule has 0 aromatic rings. The highest BCUT2D eigenvalue weighted by molar-refractivity contribution is 5.12. The van der Waals surface area contributed by atoms with E-state index in [-0.39, 0.29) is 0 Å². The second kappa shape index (κ2) is 3.25. The van der Waals surface area contributed by atoms with Gasteiger partial charge in [0.05, 0.1) is 0 Å². The first-order chi connectivity index (χ1) is 5.11. The lowest BCUT2D eigenvalue weighted by atomic mass is 9.79. The lowest BCUT2D eigenvalue weighted by Crippen LogP contribution is -2.15. The molecule has 0 fully saturated rings. The van der Waals surface area contributed by atoms with E-state index in [4.69, 9.17) is 0 Å². The van der Waals surface area contributed by atoms with E-state index >= 15 is 0 Å². The van der Waals surface area contributed by atoms with E-state index in [1.165, 1.54) is 18.4 Å². The molecular weight excluding hydrogens is 132 g/mol. The maximum Gasteiger partial charge on any atom is -0.0145 e. The van der Waals surface area contributed by atoms with E-state index in [2.05, 4.69) is 33.4 Å². The third-order valence-corrected chi connectivity index (χ3v) is 2.66. The SMILES string of the molecule is C=C(C)[C@@H]1CCC(C)=C[C@@H]1C. The summed E-state index contributed by atoms with van der Waals surface area (Å²) in [6.45, 7) is 10.7. The highest BCUT2D eigenvalue weighted by atomic mass is 14.2. The van der Waals surface area contributed by atoms with Gasteiger partial charge < -0.3 is 0 Å². The van der Waals surface area contributed by atoms with Crippen LogP contribution in [0.1, 0.15) is 33.6 Å². The average molecular weight is 150 g/mol. The third kappa shape index (κ3) is 1.95. The zero-order valence-corrected chi connectivity index (χ0v) is 7.85. The van der Waals surface area contributed by atoms with Crippen molar-refractivity contribution in [3.05, 3.63) is 23.8 Å². The van der Waals surface area contributed by atoms with Crippen molar-refractivity contribution in [2.75, 3.05) is 0 Å². The van der Waals surface area contributed by atoms with Gasteiger partial charge in [-0.25, -0.2) is 0 Å². The Morgan fingerprint density at radius 2 is 2.27 bits per heavy atom. The first kappa shape index (κ1) is 8.58. The van der Waals surface area contributed by atoms with Gasteiger partial charge in [-0.2, -0.15) is 0 Å². The van der Waals surface area contributed by atoms with Gasteiger partial charge in [0.2, 0.25) is 0 Å². The highest BCUT2D eigenvalue weighted by Gasteiger charge is 2.19. The molecule has 0 bridgehead atoms. The minimum Gasteiger partial charge on any atom is -0.0998 e. The van der Waals surface area contributed by atoms with Gasteiger partial charge in [-0.05, 0) is 38.5 Å². The van der Waals surface area contributed by atoms with Crippen LogP contribution in [0.3, 0.4) is 0 Å². The van der Waals surface area contributed by atoms with Crippen LogP contribution in [0.15, 0.2) is 23.8 Å². The second-order valence-electron chi connectivity index (χ2n) is 3.86. The predicted molar refractivity (Wildman–Crippen MR) is 50.5 cm³/mol. The Morgan fingerprint density at radius 3 is 2.73 bits per heavy atom. The molecule has 0 heteroatoms. The molecule has 1 aliphatic carbocycles. The topological polar surface area (TPSA) is 0 Å². The number of allylic oxidation sites excluding steroid dienone is 3. The summed E-state index contributed by atoms with van der Waals surface area (Å²) in [6.07, 6.45) is 4.96. The molecule has 0 saturated carbocycles. The van der Waals surface area contributed by atoms with Gasteiger partial charge in [-0.15, -0.1) is 0 Å². The van der Waals surface area contributed by atoms with Crippen LogP contribution in [-0.2, 0) is 0 Å². The first-order valence-corrected chi connectivity index (χ1v) is 4.44. The van der Waals surface area contributed by atoms with Crippen LogP contribution < -0.4 is 0 Å². The van der Waals surface area contributed by atoms with Crippen molar-refractivity contribution in [3.63, 3.8) is 0 Å². The van der Waals surface area contributed by atoms with Crippen molar-refractivity contribution in [3.8, 4) is 0 Å². The van der Waals surface area contributed by atoms with Crippen molar-refractivity contribution in [1.82, 2.24) is 0 Å². The molecule has 0 aliphatic heterocycles. The second-order valence-corrected chi connectivity index (χ2v) is 3.86. The van der Waals surface area contributed by atoms with Crippen LogP contribution in [0.25, 0.3) is 0 Å². The Morgan fingerprint density at radius 1 is 1.64 bits per heavy atom. The van der Waals surface area contributed by atoms with E-state index in [1.54, 1.807) is 5.57 Å². The Labute approximate surface area is 70.0 Å². The summed E-state index contributed by atoms with van der Waals surface area (Å²) in [4.78, 5) is 0. The molecule has 0 nitrogen and oxygen atoms in total. The quantitative estimate of drug-likeness (QED) is 0.501. The third-order valence-electron chi connectivity index (χ3n) is 2.66. The summed E-state index contributed by atoms with van der Waals surface area (Å²) >= 11 is 0. The average Bonchev–Trinajstić information content (AvgIpc) is 1.85. The molecule has 0 N–H and O–H groups in total. The van der Waals surface area contributed by atoms with E-state index in [9.17, 15) is 0 Å². The predicted octanol–water partition coefficient (Wildman–Crippen LogP) is 3.55. The largest absolute Gasteiger partial charge is 0.0998 e.